The van der Waals surface area contributed by atoms with Crippen molar-refractivity contribution in [3.8, 4) is 0 Å². The average molecular weight is 305 g/mol. The summed E-state index contributed by atoms with van der Waals surface area (Å²) in [4.78, 5) is 15.1. The Morgan fingerprint density at radius 2 is 2.25 bits per heavy atom. The average Bonchev–Trinajstić information content (AvgIpc) is 3.04. The fraction of sp³-hybridized carbons (Fsp3) is 0.273. The van der Waals surface area contributed by atoms with E-state index in [0.29, 0.717) is 5.76 Å². The van der Waals surface area contributed by atoms with Crippen molar-refractivity contribution >= 4 is 17.2 Å². The minimum Gasteiger partial charge on any atom is -0.467 e. The van der Waals surface area contributed by atoms with Crippen LogP contribution in [0.25, 0.3) is 0 Å². The third-order valence-corrected chi connectivity index (χ3v) is 3.21. The number of furan rings is 1. The van der Waals surface area contributed by atoms with Gasteiger partial charge >= 0.3 is 6.18 Å². The van der Waals surface area contributed by atoms with Crippen LogP contribution in [0, 0.1) is 0 Å². The molecule has 0 radical (unpaired) electrons. The SMILES string of the molecule is NCc1cc(C(=O)NCc2nc(C(F)(F)F)cs2)co1. The molecule has 0 bridgehead atoms. The van der Waals surface area contributed by atoms with E-state index in [1.807, 2.05) is 0 Å². The Morgan fingerprint density at radius 1 is 1.50 bits per heavy atom. The molecule has 0 saturated heterocycles. The van der Waals surface area contributed by atoms with Gasteiger partial charge in [0.2, 0.25) is 0 Å². The summed E-state index contributed by atoms with van der Waals surface area (Å²) in [5.74, 6) is -0.0130. The summed E-state index contributed by atoms with van der Waals surface area (Å²) < 4.78 is 42.0. The van der Waals surface area contributed by atoms with Gasteiger partial charge in [0, 0.05) is 5.38 Å². The topological polar surface area (TPSA) is 81.2 Å². The fourth-order valence-electron chi connectivity index (χ4n) is 1.39. The van der Waals surface area contributed by atoms with Crippen LogP contribution in [-0.2, 0) is 19.3 Å². The molecule has 2 aromatic heterocycles. The first-order valence-corrected chi connectivity index (χ1v) is 6.35. The van der Waals surface area contributed by atoms with Gasteiger partial charge in [0.25, 0.3) is 5.91 Å². The van der Waals surface area contributed by atoms with Crippen LogP contribution < -0.4 is 11.1 Å². The van der Waals surface area contributed by atoms with Gasteiger partial charge in [-0.15, -0.1) is 11.3 Å². The Labute approximate surface area is 115 Å². The Morgan fingerprint density at radius 3 is 2.80 bits per heavy atom. The van der Waals surface area contributed by atoms with Crippen LogP contribution >= 0.6 is 11.3 Å². The van der Waals surface area contributed by atoms with Crippen molar-refractivity contribution in [2.24, 2.45) is 5.73 Å². The van der Waals surface area contributed by atoms with Crippen molar-refractivity contribution in [1.29, 1.82) is 0 Å². The first-order chi connectivity index (χ1) is 9.40. The highest BCUT2D eigenvalue weighted by Gasteiger charge is 2.33. The molecule has 0 atom stereocenters. The van der Waals surface area contributed by atoms with Crippen LogP contribution in [0.3, 0.4) is 0 Å². The van der Waals surface area contributed by atoms with Crippen LogP contribution in [0.15, 0.2) is 22.1 Å². The monoisotopic (exact) mass is 305 g/mol. The van der Waals surface area contributed by atoms with Gasteiger partial charge in [0.1, 0.15) is 17.0 Å². The van der Waals surface area contributed by atoms with Crippen LogP contribution in [0.4, 0.5) is 13.2 Å². The number of thiazole rings is 1. The molecule has 0 aliphatic rings. The van der Waals surface area contributed by atoms with Crippen molar-refractivity contribution in [2.75, 3.05) is 0 Å². The molecule has 2 aromatic rings. The van der Waals surface area contributed by atoms with Gasteiger partial charge in [0.15, 0.2) is 5.69 Å². The molecule has 2 rings (SSSR count). The van der Waals surface area contributed by atoms with Gasteiger partial charge < -0.3 is 15.5 Å². The van der Waals surface area contributed by atoms with Crippen LogP contribution in [0.5, 0.6) is 0 Å². The lowest BCUT2D eigenvalue weighted by Gasteiger charge is -2.01. The Bertz CT molecular complexity index is 606. The fourth-order valence-corrected chi connectivity index (χ4v) is 2.13. The molecule has 20 heavy (non-hydrogen) atoms. The number of nitrogens with zero attached hydrogens (tertiary/aromatic N) is 1. The van der Waals surface area contributed by atoms with E-state index in [9.17, 15) is 18.0 Å². The summed E-state index contributed by atoms with van der Waals surface area (Å²) in [5.41, 5.74) is 4.64. The number of nitrogens with one attached hydrogen (secondary N) is 1. The summed E-state index contributed by atoms with van der Waals surface area (Å²) in [6.07, 6.45) is -3.24. The van der Waals surface area contributed by atoms with Crippen LogP contribution in [0.2, 0.25) is 0 Å². The number of hydrogen-bond donors (Lipinski definition) is 2. The van der Waals surface area contributed by atoms with Crippen LogP contribution in [0.1, 0.15) is 26.8 Å². The van der Waals surface area contributed by atoms with Crippen molar-refractivity contribution in [3.63, 3.8) is 0 Å². The highest BCUT2D eigenvalue weighted by molar-refractivity contribution is 7.09. The smallest absolute Gasteiger partial charge is 0.434 e. The van der Waals surface area contributed by atoms with Crippen molar-refractivity contribution in [2.45, 2.75) is 19.3 Å². The highest BCUT2D eigenvalue weighted by atomic mass is 32.1. The van der Waals surface area contributed by atoms with Gasteiger partial charge in [-0.25, -0.2) is 4.98 Å². The molecule has 0 aliphatic heterocycles. The molecule has 2 heterocycles. The number of rotatable bonds is 4. The molecular formula is C11H10F3N3O2S. The molecule has 0 spiro atoms. The number of aromatic nitrogens is 1. The zero-order chi connectivity index (χ0) is 14.8. The van der Waals surface area contributed by atoms with Gasteiger partial charge in [-0.2, -0.15) is 13.2 Å². The second-order valence-corrected chi connectivity index (χ2v) is 4.76. The molecule has 3 N–H and O–H groups in total. The van der Waals surface area contributed by atoms with Gasteiger partial charge in [-0.05, 0) is 6.07 Å². The van der Waals surface area contributed by atoms with Crippen LogP contribution in [-0.4, -0.2) is 10.9 Å². The maximum Gasteiger partial charge on any atom is 0.434 e. The predicted octanol–water partition coefficient (Wildman–Crippen LogP) is 2.14. The van der Waals surface area contributed by atoms with Crippen molar-refractivity contribution < 1.29 is 22.4 Å². The van der Waals surface area contributed by atoms with E-state index in [0.717, 1.165) is 16.7 Å². The second-order valence-electron chi connectivity index (χ2n) is 3.81. The molecule has 108 valence electrons. The number of carbonyl (C=O) groups excluding carboxylic acids is 1. The Balaban J connectivity index is 1.95. The third-order valence-electron chi connectivity index (χ3n) is 2.36. The molecule has 0 aliphatic carbocycles. The first kappa shape index (κ1) is 14.5. The van der Waals surface area contributed by atoms with Crippen molar-refractivity contribution in [3.05, 3.63) is 39.7 Å². The first-order valence-electron chi connectivity index (χ1n) is 5.47. The minimum atomic E-state index is -4.47. The number of carbonyl (C=O) groups is 1. The Hall–Kier alpha value is -1.87. The number of halogens is 3. The van der Waals surface area contributed by atoms with E-state index in [1.165, 1.54) is 12.3 Å². The zero-order valence-electron chi connectivity index (χ0n) is 10.0. The van der Waals surface area contributed by atoms with E-state index >= 15 is 0 Å². The number of amides is 1. The van der Waals surface area contributed by atoms with E-state index < -0.39 is 17.8 Å². The molecular weight excluding hydrogens is 295 g/mol. The lowest BCUT2D eigenvalue weighted by Crippen LogP contribution is -2.22. The Kier molecular flexibility index (Phi) is 4.09. The standard InChI is InChI=1S/C11H10F3N3O2S/c12-11(13,14)8-5-20-9(17-8)3-16-10(18)6-1-7(2-15)19-4-6/h1,4-5H,2-3,15H2,(H,16,18). The molecule has 1 amide bonds. The molecule has 0 aromatic carbocycles. The largest absolute Gasteiger partial charge is 0.467 e. The van der Waals surface area contributed by atoms with Gasteiger partial charge in [0.05, 0.1) is 18.7 Å². The summed E-state index contributed by atoms with van der Waals surface area (Å²) in [6.45, 7) is 0.0808. The summed E-state index contributed by atoms with van der Waals surface area (Å²) in [5, 5.41) is 3.54. The third kappa shape index (κ3) is 3.36. The normalized spacial score (nSPS) is 11.6. The number of hydrogen-bond acceptors (Lipinski definition) is 5. The predicted molar refractivity (Wildman–Crippen MR) is 64.9 cm³/mol. The summed E-state index contributed by atoms with van der Waals surface area (Å²) >= 11 is 0.834. The molecule has 0 saturated carbocycles. The molecule has 9 heteroatoms. The van der Waals surface area contributed by atoms with E-state index in [2.05, 4.69) is 10.3 Å². The zero-order valence-corrected chi connectivity index (χ0v) is 10.8. The lowest BCUT2D eigenvalue weighted by atomic mass is 10.3. The maximum atomic E-state index is 12.3. The number of nitrogens with two attached hydrogens (primary N) is 1. The molecule has 5 nitrogen and oxygen atoms in total. The highest BCUT2D eigenvalue weighted by Crippen LogP contribution is 2.29. The maximum absolute atomic E-state index is 12.3. The summed E-state index contributed by atoms with van der Waals surface area (Å²) in [7, 11) is 0. The number of alkyl halides is 3. The quantitative estimate of drug-likeness (QED) is 0.907. The second kappa shape index (κ2) is 5.63. The minimum absolute atomic E-state index is 0.0806. The van der Waals surface area contributed by atoms with E-state index in [-0.39, 0.29) is 23.7 Å². The van der Waals surface area contributed by atoms with Gasteiger partial charge in [-0.1, -0.05) is 0 Å². The lowest BCUT2D eigenvalue weighted by molar-refractivity contribution is -0.140. The van der Waals surface area contributed by atoms with Gasteiger partial charge in [-0.3, -0.25) is 4.79 Å². The summed E-state index contributed by atoms with van der Waals surface area (Å²) in [6, 6.07) is 1.47. The van der Waals surface area contributed by atoms with Crippen molar-refractivity contribution in [1.82, 2.24) is 10.3 Å². The van der Waals surface area contributed by atoms with E-state index in [4.69, 9.17) is 10.2 Å². The molecule has 0 fully saturated rings. The molecule has 0 unspecified atom stereocenters. The van der Waals surface area contributed by atoms with E-state index in [1.54, 1.807) is 0 Å².